The first-order valence-corrected chi connectivity index (χ1v) is 7.68. The number of rotatable bonds is 3. The van der Waals surface area contributed by atoms with Gasteiger partial charge in [0.2, 0.25) is 0 Å². The normalized spacial score (nSPS) is 27.6. The molecule has 0 unspecified atom stereocenters. The monoisotopic (exact) mass is 326 g/mol. The van der Waals surface area contributed by atoms with Crippen LogP contribution < -0.4 is 10.1 Å². The lowest BCUT2D eigenvalue weighted by atomic mass is 10.1. The smallest absolute Gasteiger partial charge is 0.254 e. The summed E-state index contributed by atoms with van der Waals surface area (Å²) >= 11 is 0. The molecule has 0 radical (unpaired) electrons. The highest BCUT2D eigenvalue weighted by Gasteiger charge is 2.37. The van der Waals surface area contributed by atoms with Crippen LogP contribution in [0, 0.1) is 11.6 Å². The fourth-order valence-electron chi connectivity index (χ4n) is 3.30. The molecular formula is C16H20F2N2O3. The van der Waals surface area contributed by atoms with Crippen LogP contribution in [0.15, 0.2) is 12.1 Å². The lowest BCUT2D eigenvalue weighted by Gasteiger charge is -2.33. The highest BCUT2D eigenvalue weighted by Crippen LogP contribution is 2.26. The second kappa shape index (κ2) is 6.41. The van der Waals surface area contributed by atoms with Crippen molar-refractivity contribution in [1.82, 2.24) is 10.2 Å². The van der Waals surface area contributed by atoms with Gasteiger partial charge in [0.15, 0.2) is 17.4 Å². The number of benzene rings is 1. The molecule has 3 atom stereocenters. The summed E-state index contributed by atoms with van der Waals surface area (Å²) in [5, 5.41) is 2.82. The third-order valence-electron chi connectivity index (χ3n) is 4.43. The summed E-state index contributed by atoms with van der Waals surface area (Å²) in [4.78, 5) is 14.6. The molecule has 2 fully saturated rings. The summed E-state index contributed by atoms with van der Waals surface area (Å²) < 4.78 is 37.9. The Kier molecular flexibility index (Phi) is 4.50. The van der Waals surface area contributed by atoms with Crippen molar-refractivity contribution in [3.8, 4) is 5.75 Å². The Bertz CT molecular complexity index is 611. The molecule has 1 aromatic rings. The van der Waals surface area contributed by atoms with Gasteiger partial charge in [0.25, 0.3) is 5.91 Å². The minimum atomic E-state index is -0.974. The van der Waals surface area contributed by atoms with Crippen LogP contribution in [0.2, 0.25) is 0 Å². The number of hydrogen-bond donors (Lipinski definition) is 1. The van der Waals surface area contributed by atoms with E-state index in [1.165, 1.54) is 7.11 Å². The molecule has 2 aliphatic rings. The maximum atomic E-state index is 14.1. The molecule has 2 aliphatic heterocycles. The number of nitrogens with zero attached hydrogens (tertiary/aromatic N) is 1. The van der Waals surface area contributed by atoms with Crippen molar-refractivity contribution in [2.45, 2.75) is 31.5 Å². The molecule has 5 nitrogen and oxygen atoms in total. The molecule has 2 saturated heterocycles. The zero-order valence-electron chi connectivity index (χ0n) is 13.1. The Morgan fingerprint density at radius 3 is 2.91 bits per heavy atom. The van der Waals surface area contributed by atoms with Crippen LogP contribution in [0.1, 0.15) is 23.7 Å². The molecule has 7 heteroatoms. The van der Waals surface area contributed by atoms with Gasteiger partial charge in [0.05, 0.1) is 25.4 Å². The van der Waals surface area contributed by atoms with Gasteiger partial charge in [-0.2, -0.15) is 0 Å². The summed E-state index contributed by atoms with van der Waals surface area (Å²) in [6, 6.07) is 2.38. The molecular weight excluding hydrogens is 306 g/mol. The molecule has 0 spiro atoms. The summed E-state index contributed by atoms with van der Waals surface area (Å²) in [6.45, 7) is 4.20. The van der Waals surface area contributed by atoms with Crippen molar-refractivity contribution in [3.63, 3.8) is 0 Å². The minimum absolute atomic E-state index is 0.0724. The molecule has 126 valence electrons. The largest absolute Gasteiger partial charge is 0.491 e. The zero-order valence-corrected chi connectivity index (χ0v) is 13.1. The first kappa shape index (κ1) is 16.1. The van der Waals surface area contributed by atoms with E-state index in [-0.39, 0.29) is 23.8 Å². The van der Waals surface area contributed by atoms with E-state index in [0.717, 1.165) is 25.1 Å². The summed E-state index contributed by atoms with van der Waals surface area (Å²) in [5.41, 5.74) is -0.210. The van der Waals surface area contributed by atoms with E-state index in [1.807, 2.05) is 6.92 Å². The van der Waals surface area contributed by atoms with Crippen molar-refractivity contribution in [3.05, 3.63) is 29.3 Å². The summed E-state index contributed by atoms with van der Waals surface area (Å²) in [7, 11) is 1.17. The number of fused-ring (bicyclic) bond motifs is 1. The lowest BCUT2D eigenvalue weighted by molar-refractivity contribution is -0.0390. The fraction of sp³-hybridized carbons (Fsp3) is 0.562. The average Bonchev–Trinajstić information content (AvgIpc) is 2.88. The van der Waals surface area contributed by atoms with Crippen LogP contribution in [-0.2, 0) is 4.74 Å². The number of morpholine rings is 1. The van der Waals surface area contributed by atoms with E-state index < -0.39 is 23.3 Å². The van der Waals surface area contributed by atoms with E-state index in [1.54, 1.807) is 0 Å². The van der Waals surface area contributed by atoms with E-state index in [0.29, 0.717) is 13.2 Å². The average molecular weight is 326 g/mol. The number of amides is 1. The Labute approximate surface area is 133 Å². The summed E-state index contributed by atoms with van der Waals surface area (Å²) in [5.74, 6) is -2.90. The number of ether oxygens (including phenoxy) is 2. The molecule has 0 saturated carbocycles. The number of hydrogen-bond acceptors (Lipinski definition) is 4. The molecule has 1 amide bonds. The van der Waals surface area contributed by atoms with Crippen molar-refractivity contribution in [1.29, 1.82) is 0 Å². The molecule has 1 aromatic carbocycles. The Hall–Kier alpha value is -1.73. The van der Waals surface area contributed by atoms with Gasteiger partial charge in [-0.25, -0.2) is 8.78 Å². The molecule has 0 aliphatic carbocycles. The quantitative estimate of drug-likeness (QED) is 0.916. The van der Waals surface area contributed by atoms with Gasteiger partial charge in [-0.05, 0) is 25.5 Å². The van der Waals surface area contributed by atoms with Crippen molar-refractivity contribution in [2.24, 2.45) is 0 Å². The predicted octanol–water partition coefficient (Wildman–Crippen LogP) is 1.56. The van der Waals surface area contributed by atoms with Crippen LogP contribution in [0.4, 0.5) is 8.78 Å². The first-order chi connectivity index (χ1) is 11.0. The van der Waals surface area contributed by atoms with E-state index in [9.17, 15) is 13.6 Å². The molecule has 23 heavy (non-hydrogen) atoms. The standard InChI is InChI=1S/C16H20F2N2O3/c1-9-6-20-7-10(5-11(20)8-23-9)19-16(21)12-3-4-13(17)15(22-2)14(12)18/h3-4,9-11H,5-8H2,1-2H3,(H,19,21)/t9-,10-,11+/m1/s1. The van der Waals surface area contributed by atoms with Gasteiger partial charge in [0, 0.05) is 25.2 Å². The Morgan fingerprint density at radius 2 is 2.17 bits per heavy atom. The second-order valence-corrected chi connectivity index (χ2v) is 6.10. The van der Waals surface area contributed by atoms with Crippen LogP contribution in [-0.4, -0.2) is 55.8 Å². The molecule has 0 aromatic heterocycles. The zero-order chi connectivity index (χ0) is 16.6. The molecule has 0 bridgehead atoms. The van der Waals surface area contributed by atoms with Crippen molar-refractivity contribution in [2.75, 3.05) is 26.8 Å². The predicted molar refractivity (Wildman–Crippen MR) is 79.6 cm³/mol. The van der Waals surface area contributed by atoms with Gasteiger partial charge < -0.3 is 14.8 Å². The van der Waals surface area contributed by atoms with E-state index >= 15 is 0 Å². The van der Waals surface area contributed by atoms with Crippen molar-refractivity contribution >= 4 is 5.91 Å². The summed E-state index contributed by atoms with van der Waals surface area (Å²) in [6.07, 6.45) is 0.942. The molecule has 3 rings (SSSR count). The minimum Gasteiger partial charge on any atom is -0.491 e. The van der Waals surface area contributed by atoms with E-state index in [2.05, 4.69) is 15.0 Å². The van der Waals surface area contributed by atoms with Crippen LogP contribution in [0.25, 0.3) is 0 Å². The maximum Gasteiger partial charge on any atom is 0.254 e. The van der Waals surface area contributed by atoms with Gasteiger partial charge in [0.1, 0.15) is 0 Å². The highest BCUT2D eigenvalue weighted by molar-refractivity contribution is 5.95. The third kappa shape index (κ3) is 3.16. The van der Waals surface area contributed by atoms with Gasteiger partial charge in [-0.1, -0.05) is 0 Å². The molecule has 1 N–H and O–H groups in total. The number of nitrogens with one attached hydrogen (secondary N) is 1. The topological polar surface area (TPSA) is 50.8 Å². The number of carbonyl (C=O) groups excluding carboxylic acids is 1. The number of carbonyl (C=O) groups is 1. The lowest BCUT2D eigenvalue weighted by Crippen LogP contribution is -2.45. The maximum absolute atomic E-state index is 14.1. The van der Waals surface area contributed by atoms with Crippen LogP contribution >= 0.6 is 0 Å². The molecule has 2 heterocycles. The second-order valence-electron chi connectivity index (χ2n) is 6.10. The number of halogens is 2. The fourth-order valence-corrected chi connectivity index (χ4v) is 3.30. The van der Waals surface area contributed by atoms with Gasteiger partial charge >= 0.3 is 0 Å². The van der Waals surface area contributed by atoms with Crippen molar-refractivity contribution < 1.29 is 23.0 Å². The Morgan fingerprint density at radius 1 is 1.39 bits per heavy atom. The Balaban J connectivity index is 1.69. The SMILES string of the molecule is COc1c(F)ccc(C(=O)N[C@@H]2C[C@H]3CO[C@H](C)CN3C2)c1F. The van der Waals surface area contributed by atoms with Crippen LogP contribution in [0.3, 0.4) is 0 Å². The third-order valence-corrected chi connectivity index (χ3v) is 4.43. The van der Waals surface area contributed by atoms with E-state index in [4.69, 9.17) is 4.74 Å². The van der Waals surface area contributed by atoms with Gasteiger partial charge in [-0.15, -0.1) is 0 Å². The highest BCUT2D eigenvalue weighted by atomic mass is 19.1. The number of methoxy groups -OCH3 is 1. The first-order valence-electron chi connectivity index (χ1n) is 7.68. The van der Waals surface area contributed by atoms with Gasteiger partial charge in [-0.3, -0.25) is 9.69 Å². The van der Waals surface area contributed by atoms with Crippen LogP contribution in [0.5, 0.6) is 5.75 Å².